The zero-order valence-corrected chi connectivity index (χ0v) is 17.9. The Hall–Kier alpha value is -1.35. The van der Waals surface area contributed by atoms with Gasteiger partial charge in [0, 0.05) is 51.3 Å². The maximum atomic E-state index is 11.1. The van der Waals surface area contributed by atoms with Gasteiger partial charge in [0.1, 0.15) is 0 Å². The molecule has 0 aliphatic carbocycles. The Labute approximate surface area is 172 Å². The van der Waals surface area contributed by atoms with Gasteiger partial charge in [0.05, 0.1) is 6.61 Å². The second kappa shape index (κ2) is 9.55. The highest BCUT2D eigenvalue weighted by atomic mass is 127. The minimum absolute atomic E-state index is 0. The van der Waals surface area contributed by atoms with Crippen LogP contribution in [0.25, 0.3) is 0 Å². The van der Waals surface area contributed by atoms with E-state index in [4.69, 9.17) is 4.74 Å². The highest BCUT2D eigenvalue weighted by molar-refractivity contribution is 14.0. The van der Waals surface area contributed by atoms with Crippen LogP contribution >= 0.6 is 24.0 Å². The average Bonchev–Trinajstić information content (AvgIpc) is 3.23. The third kappa shape index (κ3) is 5.33. The van der Waals surface area contributed by atoms with Crippen LogP contribution in [0.3, 0.4) is 0 Å². The van der Waals surface area contributed by atoms with Gasteiger partial charge in [-0.25, -0.2) is 0 Å². The maximum Gasteiger partial charge on any atom is 0.221 e. The van der Waals surface area contributed by atoms with Crippen molar-refractivity contribution in [3.05, 3.63) is 29.8 Å². The number of hydrogen-bond donors (Lipinski definition) is 2. The fraction of sp³-hybridized carbons (Fsp3) is 0.579. The van der Waals surface area contributed by atoms with E-state index >= 15 is 0 Å². The normalized spacial score (nSPS) is 22.4. The largest absolute Gasteiger partial charge is 0.381 e. The summed E-state index contributed by atoms with van der Waals surface area (Å²) in [4.78, 5) is 17.9. The van der Waals surface area contributed by atoms with Crippen LogP contribution in [0.4, 0.5) is 5.69 Å². The molecule has 2 aliphatic rings. The van der Waals surface area contributed by atoms with Crippen molar-refractivity contribution < 1.29 is 9.53 Å². The van der Waals surface area contributed by atoms with Crippen molar-refractivity contribution in [2.24, 2.45) is 10.4 Å². The molecule has 7 heteroatoms. The number of anilines is 1. The van der Waals surface area contributed by atoms with Crippen molar-refractivity contribution in [3.63, 3.8) is 0 Å². The molecule has 1 aromatic rings. The van der Waals surface area contributed by atoms with Crippen molar-refractivity contribution in [3.8, 4) is 0 Å². The first-order chi connectivity index (χ1) is 12.1. The number of halogens is 1. The molecule has 2 N–H and O–H groups in total. The Kier molecular flexibility index (Phi) is 7.69. The molecule has 0 aromatic heterocycles. The molecule has 6 nitrogen and oxygen atoms in total. The number of nitrogens with one attached hydrogen (secondary N) is 2. The summed E-state index contributed by atoms with van der Waals surface area (Å²) >= 11 is 0. The molecule has 0 radical (unpaired) electrons. The van der Waals surface area contributed by atoms with Crippen LogP contribution in [0.15, 0.2) is 29.3 Å². The van der Waals surface area contributed by atoms with Crippen molar-refractivity contribution in [1.82, 2.24) is 10.2 Å². The zero-order chi connectivity index (χ0) is 17.7. The second-order valence-electron chi connectivity index (χ2n) is 7.08. The summed E-state index contributed by atoms with van der Waals surface area (Å²) in [6.45, 7) is 6.23. The molecular weight excluding hydrogens is 443 g/mol. The van der Waals surface area contributed by atoms with E-state index in [1.54, 1.807) is 0 Å². The zero-order valence-electron chi connectivity index (χ0n) is 15.6. The van der Waals surface area contributed by atoms with Crippen molar-refractivity contribution in [1.29, 1.82) is 0 Å². The smallest absolute Gasteiger partial charge is 0.221 e. The van der Waals surface area contributed by atoms with Gasteiger partial charge < -0.3 is 20.3 Å². The summed E-state index contributed by atoms with van der Waals surface area (Å²) in [5.74, 6) is 0.938. The fourth-order valence-corrected chi connectivity index (χ4v) is 3.70. The summed E-state index contributed by atoms with van der Waals surface area (Å²) in [6.07, 6.45) is 3.28. The molecule has 1 amide bonds. The number of nitrogens with zero attached hydrogens (tertiary/aromatic N) is 2. The highest BCUT2D eigenvalue weighted by Gasteiger charge is 2.42. The Balaban J connectivity index is 0.00000243. The van der Waals surface area contributed by atoms with Gasteiger partial charge in [-0.3, -0.25) is 9.79 Å². The minimum atomic E-state index is -0.0470. The monoisotopic (exact) mass is 472 g/mol. The topological polar surface area (TPSA) is 66.0 Å². The van der Waals surface area contributed by atoms with Gasteiger partial charge in [0.25, 0.3) is 0 Å². The molecule has 2 aliphatic heterocycles. The van der Waals surface area contributed by atoms with E-state index in [9.17, 15) is 4.79 Å². The second-order valence-corrected chi connectivity index (χ2v) is 7.08. The van der Waals surface area contributed by atoms with Gasteiger partial charge in [-0.15, -0.1) is 24.0 Å². The van der Waals surface area contributed by atoms with Gasteiger partial charge in [-0.1, -0.05) is 12.1 Å². The Morgan fingerprint density at radius 3 is 2.69 bits per heavy atom. The molecule has 2 heterocycles. The van der Waals surface area contributed by atoms with E-state index in [1.165, 1.54) is 25.3 Å². The van der Waals surface area contributed by atoms with Crippen LogP contribution < -0.4 is 10.6 Å². The number of carbonyl (C=O) groups is 1. The molecule has 1 atom stereocenters. The van der Waals surface area contributed by atoms with Gasteiger partial charge in [-0.05, 0) is 37.0 Å². The molecule has 1 spiro atoms. The number of ether oxygens (including phenoxy) is 1. The van der Waals surface area contributed by atoms with Crippen LogP contribution in [0.1, 0.15) is 25.3 Å². The SMILES string of the molecule is CN=C(NCCc1ccc(NC(C)=O)cc1)N1CCC2(CCOC2)C1.I. The van der Waals surface area contributed by atoms with Gasteiger partial charge in [-0.2, -0.15) is 0 Å². The minimum Gasteiger partial charge on any atom is -0.381 e. The predicted molar refractivity (Wildman–Crippen MR) is 115 cm³/mol. The molecule has 144 valence electrons. The third-order valence-corrected chi connectivity index (χ3v) is 5.11. The predicted octanol–water partition coefficient (Wildman–Crippen LogP) is 2.49. The quantitative estimate of drug-likeness (QED) is 0.402. The number of benzene rings is 1. The Morgan fingerprint density at radius 2 is 2.08 bits per heavy atom. The number of guanidine groups is 1. The number of likely N-dealkylation sites (tertiary alicyclic amines) is 1. The molecule has 2 saturated heterocycles. The lowest BCUT2D eigenvalue weighted by molar-refractivity contribution is -0.114. The van der Waals surface area contributed by atoms with Crippen LogP contribution in [0.2, 0.25) is 0 Å². The Morgan fingerprint density at radius 1 is 1.31 bits per heavy atom. The van der Waals surface area contributed by atoms with E-state index in [0.717, 1.165) is 50.9 Å². The average molecular weight is 472 g/mol. The van der Waals surface area contributed by atoms with Crippen molar-refractivity contribution in [2.75, 3.05) is 45.2 Å². The van der Waals surface area contributed by atoms with E-state index in [-0.39, 0.29) is 29.9 Å². The first-order valence-electron chi connectivity index (χ1n) is 9.00. The molecular formula is C19H29IN4O2. The molecule has 1 unspecified atom stereocenters. The molecule has 1 aromatic carbocycles. The molecule has 0 bridgehead atoms. The van der Waals surface area contributed by atoms with E-state index in [1.807, 2.05) is 19.2 Å². The summed E-state index contributed by atoms with van der Waals surface area (Å²) in [5.41, 5.74) is 2.41. The lowest BCUT2D eigenvalue weighted by Gasteiger charge is -2.25. The first kappa shape index (κ1) is 21.0. The van der Waals surface area contributed by atoms with Crippen LogP contribution in [0.5, 0.6) is 0 Å². The molecule has 3 rings (SSSR count). The van der Waals surface area contributed by atoms with Crippen molar-refractivity contribution in [2.45, 2.75) is 26.2 Å². The number of rotatable bonds is 4. The lowest BCUT2D eigenvalue weighted by Crippen LogP contribution is -2.42. The number of aliphatic imine (C=N–C) groups is 1. The van der Waals surface area contributed by atoms with Crippen molar-refractivity contribution >= 4 is 41.5 Å². The number of hydrogen-bond acceptors (Lipinski definition) is 3. The van der Waals surface area contributed by atoms with Gasteiger partial charge >= 0.3 is 0 Å². The third-order valence-electron chi connectivity index (χ3n) is 5.11. The number of amides is 1. The van der Waals surface area contributed by atoms with E-state index in [2.05, 4.69) is 32.7 Å². The highest BCUT2D eigenvalue weighted by Crippen LogP contribution is 2.38. The fourth-order valence-electron chi connectivity index (χ4n) is 3.70. The van der Waals surface area contributed by atoms with E-state index in [0.29, 0.717) is 5.41 Å². The van der Waals surface area contributed by atoms with Gasteiger partial charge in [0.2, 0.25) is 5.91 Å². The number of carbonyl (C=O) groups excluding carboxylic acids is 1. The van der Waals surface area contributed by atoms with Crippen LogP contribution in [-0.2, 0) is 16.0 Å². The van der Waals surface area contributed by atoms with Gasteiger partial charge in [0.15, 0.2) is 5.96 Å². The van der Waals surface area contributed by atoms with E-state index < -0.39 is 0 Å². The summed E-state index contributed by atoms with van der Waals surface area (Å²) in [6, 6.07) is 7.98. The first-order valence-corrected chi connectivity index (χ1v) is 9.00. The molecule has 0 saturated carbocycles. The standard InChI is InChI=1S/C19H28N4O2.HI/c1-15(24)22-17-5-3-16(4-6-17)7-10-21-18(20-2)23-11-8-19(13-23)9-12-25-14-19;/h3-6H,7-14H2,1-2H3,(H,20,21)(H,22,24);1H. The molecule has 2 fully saturated rings. The Bertz CT molecular complexity index is 627. The summed E-state index contributed by atoms with van der Waals surface area (Å²) in [7, 11) is 1.85. The van der Waals surface area contributed by atoms with Crippen LogP contribution in [-0.4, -0.2) is 56.7 Å². The lowest BCUT2D eigenvalue weighted by atomic mass is 9.87. The maximum absolute atomic E-state index is 11.1. The van der Waals surface area contributed by atoms with Crippen LogP contribution in [0, 0.1) is 5.41 Å². The molecule has 26 heavy (non-hydrogen) atoms. The summed E-state index contributed by atoms with van der Waals surface area (Å²) in [5, 5.41) is 6.26. The summed E-state index contributed by atoms with van der Waals surface area (Å²) < 4.78 is 5.60.